The van der Waals surface area contributed by atoms with Crippen LogP contribution < -0.4 is 27.4 Å². The van der Waals surface area contributed by atoms with Crippen LogP contribution in [0, 0.1) is 11.8 Å². The summed E-state index contributed by atoms with van der Waals surface area (Å²) in [5, 5.41) is 17.2. The van der Waals surface area contributed by atoms with Gasteiger partial charge in [-0.1, -0.05) is 34.1 Å². The fraction of sp³-hybridized carbons (Fsp3) is 0.800. The summed E-state index contributed by atoms with van der Waals surface area (Å²) in [4.78, 5) is 49.4. The molecule has 0 aromatic rings. The highest BCUT2D eigenvalue weighted by molar-refractivity contribution is 7.80. The van der Waals surface area contributed by atoms with Crippen LogP contribution in [0.1, 0.15) is 53.4 Å². The molecular formula is C20H39N5O5S. The molecule has 3 amide bonds. The highest BCUT2D eigenvalue weighted by Crippen LogP contribution is 2.11. The van der Waals surface area contributed by atoms with Crippen LogP contribution in [0.25, 0.3) is 0 Å². The Morgan fingerprint density at radius 3 is 1.97 bits per heavy atom. The molecule has 0 bridgehead atoms. The van der Waals surface area contributed by atoms with Crippen molar-refractivity contribution in [1.29, 1.82) is 0 Å². The zero-order valence-corrected chi connectivity index (χ0v) is 19.8. The maximum Gasteiger partial charge on any atom is 0.326 e. The molecule has 0 aliphatic carbocycles. The lowest BCUT2D eigenvalue weighted by Crippen LogP contribution is -2.59. The summed E-state index contributed by atoms with van der Waals surface area (Å²) in [5.41, 5.74) is 11.2. The number of amides is 3. The molecule has 0 aromatic heterocycles. The summed E-state index contributed by atoms with van der Waals surface area (Å²) in [6.45, 7) is 7.46. The monoisotopic (exact) mass is 461 g/mol. The van der Waals surface area contributed by atoms with E-state index in [2.05, 4.69) is 28.6 Å². The third-order valence-electron chi connectivity index (χ3n) is 5.14. The number of nitrogens with one attached hydrogen (secondary N) is 3. The minimum absolute atomic E-state index is 0.118. The number of thiol groups is 1. The highest BCUT2D eigenvalue weighted by Gasteiger charge is 2.33. The van der Waals surface area contributed by atoms with Gasteiger partial charge >= 0.3 is 5.97 Å². The number of carbonyl (C=O) groups excluding carboxylic acids is 3. The molecule has 0 heterocycles. The fourth-order valence-corrected chi connectivity index (χ4v) is 3.00. The first kappa shape index (κ1) is 29.1. The molecule has 5 unspecified atom stereocenters. The second kappa shape index (κ2) is 15.0. The van der Waals surface area contributed by atoms with Gasteiger partial charge in [0.1, 0.15) is 18.1 Å². The van der Waals surface area contributed by atoms with E-state index in [-0.39, 0.29) is 17.6 Å². The maximum absolute atomic E-state index is 13.0. The Bertz CT molecular complexity index is 605. The van der Waals surface area contributed by atoms with Gasteiger partial charge in [-0.2, -0.15) is 12.6 Å². The van der Waals surface area contributed by atoms with Crippen LogP contribution in [0.4, 0.5) is 0 Å². The summed E-state index contributed by atoms with van der Waals surface area (Å²) < 4.78 is 0. The molecule has 0 fully saturated rings. The molecule has 0 aliphatic rings. The number of carboxylic acids is 1. The van der Waals surface area contributed by atoms with Crippen LogP contribution >= 0.6 is 12.6 Å². The van der Waals surface area contributed by atoms with Crippen molar-refractivity contribution in [2.75, 3.05) is 12.3 Å². The van der Waals surface area contributed by atoms with Gasteiger partial charge in [-0.3, -0.25) is 14.4 Å². The first-order valence-electron chi connectivity index (χ1n) is 10.7. The Hall–Kier alpha value is -1.85. The van der Waals surface area contributed by atoms with Gasteiger partial charge in [-0.05, 0) is 37.6 Å². The van der Waals surface area contributed by atoms with Crippen molar-refractivity contribution in [1.82, 2.24) is 16.0 Å². The van der Waals surface area contributed by atoms with Crippen molar-refractivity contribution in [3.05, 3.63) is 0 Å². The molecule has 0 spiro atoms. The first-order valence-corrected chi connectivity index (χ1v) is 11.3. The summed E-state index contributed by atoms with van der Waals surface area (Å²) in [6, 6.07) is -3.80. The lowest BCUT2D eigenvalue weighted by Gasteiger charge is -2.28. The van der Waals surface area contributed by atoms with E-state index in [0.717, 1.165) is 0 Å². The topological polar surface area (TPSA) is 177 Å². The number of unbranched alkanes of at least 4 members (excludes halogenated alkanes) is 1. The number of hydrogen-bond donors (Lipinski definition) is 7. The standard InChI is InChI=1S/C20H39N5O5S/c1-5-12(4)16(19(28)24-15(11(2)3)20(29)30)25-18(27)14(8-6-7-9-21)23-17(26)13(22)10-31/h11-16,31H,5-10,21-22H2,1-4H3,(H,23,26)(H,24,28)(H,25,27)(H,29,30). The van der Waals surface area contributed by atoms with Gasteiger partial charge in [0, 0.05) is 5.75 Å². The van der Waals surface area contributed by atoms with Crippen molar-refractivity contribution in [2.24, 2.45) is 23.3 Å². The molecule has 5 atom stereocenters. The number of carboxylic acid groups (broad SMARTS) is 1. The number of hydrogen-bond acceptors (Lipinski definition) is 7. The normalized spacial score (nSPS) is 16.0. The Morgan fingerprint density at radius 2 is 1.52 bits per heavy atom. The molecule has 180 valence electrons. The van der Waals surface area contributed by atoms with E-state index in [1.54, 1.807) is 20.8 Å². The highest BCUT2D eigenvalue weighted by atomic mass is 32.1. The second-order valence-electron chi connectivity index (χ2n) is 8.08. The molecule has 0 aromatic carbocycles. The van der Waals surface area contributed by atoms with Crippen molar-refractivity contribution < 1.29 is 24.3 Å². The van der Waals surface area contributed by atoms with Crippen LogP contribution in [0.5, 0.6) is 0 Å². The lowest BCUT2D eigenvalue weighted by atomic mass is 9.96. The second-order valence-corrected chi connectivity index (χ2v) is 8.44. The van der Waals surface area contributed by atoms with E-state index in [9.17, 15) is 24.3 Å². The largest absolute Gasteiger partial charge is 0.480 e. The van der Waals surface area contributed by atoms with Gasteiger partial charge in [-0.25, -0.2) is 4.79 Å². The summed E-state index contributed by atoms with van der Waals surface area (Å²) in [7, 11) is 0. The molecule has 0 saturated heterocycles. The molecule has 31 heavy (non-hydrogen) atoms. The number of aliphatic carboxylic acids is 1. The van der Waals surface area contributed by atoms with Gasteiger partial charge in [0.25, 0.3) is 0 Å². The minimum Gasteiger partial charge on any atom is -0.480 e. The van der Waals surface area contributed by atoms with Gasteiger partial charge in [-0.15, -0.1) is 0 Å². The van der Waals surface area contributed by atoms with Crippen LogP contribution in [-0.4, -0.2) is 65.3 Å². The number of rotatable bonds is 15. The SMILES string of the molecule is CCC(C)C(NC(=O)C(CCCCN)NC(=O)C(N)CS)C(=O)NC(C(=O)O)C(C)C. The van der Waals surface area contributed by atoms with Gasteiger partial charge in [0.15, 0.2) is 0 Å². The molecule has 0 aliphatic heterocycles. The molecule has 0 saturated carbocycles. The quantitative estimate of drug-likeness (QED) is 0.128. The van der Waals surface area contributed by atoms with Crippen LogP contribution in [-0.2, 0) is 19.2 Å². The zero-order chi connectivity index (χ0) is 24.1. The molecule has 0 rings (SSSR count). The van der Waals surface area contributed by atoms with E-state index in [4.69, 9.17) is 11.5 Å². The number of carbonyl (C=O) groups is 4. The van der Waals surface area contributed by atoms with Gasteiger partial charge < -0.3 is 32.5 Å². The Labute approximate surface area is 190 Å². The van der Waals surface area contributed by atoms with E-state index < -0.39 is 47.9 Å². The fourth-order valence-electron chi connectivity index (χ4n) is 2.84. The predicted octanol–water partition coefficient (Wildman–Crippen LogP) is -0.386. The summed E-state index contributed by atoms with van der Waals surface area (Å²) in [5.74, 6) is -3.25. The average Bonchev–Trinajstić information content (AvgIpc) is 2.72. The minimum atomic E-state index is -1.15. The average molecular weight is 462 g/mol. The van der Waals surface area contributed by atoms with Crippen molar-refractivity contribution in [3.8, 4) is 0 Å². The molecule has 0 radical (unpaired) electrons. The van der Waals surface area contributed by atoms with E-state index in [0.29, 0.717) is 32.2 Å². The molecule has 11 heteroatoms. The van der Waals surface area contributed by atoms with E-state index in [1.807, 2.05) is 6.92 Å². The molecular weight excluding hydrogens is 422 g/mol. The van der Waals surface area contributed by atoms with Gasteiger partial charge in [0.05, 0.1) is 6.04 Å². The summed E-state index contributed by atoms with van der Waals surface area (Å²) in [6.07, 6.45) is 2.17. The predicted molar refractivity (Wildman–Crippen MR) is 122 cm³/mol. The van der Waals surface area contributed by atoms with Crippen molar-refractivity contribution >= 4 is 36.3 Å². The third kappa shape index (κ3) is 10.3. The smallest absolute Gasteiger partial charge is 0.326 e. The Balaban J connectivity index is 5.49. The molecule has 8 N–H and O–H groups in total. The van der Waals surface area contributed by atoms with Crippen LogP contribution in [0.3, 0.4) is 0 Å². The van der Waals surface area contributed by atoms with Crippen LogP contribution in [0.2, 0.25) is 0 Å². The first-order chi connectivity index (χ1) is 14.5. The Kier molecular flexibility index (Phi) is 14.1. The third-order valence-corrected chi connectivity index (χ3v) is 5.53. The number of nitrogens with two attached hydrogens (primary N) is 2. The van der Waals surface area contributed by atoms with E-state index >= 15 is 0 Å². The van der Waals surface area contributed by atoms with Crippen molar-refractivity contribution in [3.63, 3.8) is 0 Å². The van der Waals surface area contributed by atoms with E-state index in [1.165, 1.54) is 0 Å². The Morgan fingerprint density at radius 1 is 0.935 bits per heavy atom. The zero-order valence-electron chi connectivity index (χ0n) is 18.9. The van der Waals surface area contributed by atoms with Gasteiger partial charge in [0.2, 0.25) is 17.7 Å². The van der Waals surface area contributed by atoms with Crippen molar-refractivity contribution in [2.45, 2.75) is 77.5 Å². The summed E-state index contributed by atoms with van der Waals surface area (Å²) >= 11 is 4.00. The van der Waals surface area contributed by atoms with Crippen LogP contribution in [0.15, 0.2) is 0 Å². The lowest BCUT2D eigenvalue weighted by molar-refractivity contribution is -0.144. The maximum atomic E-state index is 13.0. The molecule has 10 nitrogen and oxygen atoms in total.